The van der Waals surface area contributed by atoms with Crippen molar-refractivity contribution >= 4 is 22.7 Å². The van der Waals surface area contributed by atoms with E-state index in [4.69, 9.17) is 0 Å². The molecule has 1 unspecified atom stereocenters. The minimum Gasteiger partial charge on any atom is -0.173 e. The van der Waals surface area contributed by atoms with Crippen molar-refractivity contribution in [2.24, 2.45) is 0 Å². The molecule has 38 heavy (non-hydrogen) atoms. The minimum atomic E-state index is -0.669. The van der Waals surface area contributed by atoms with Crippen molar-refractivity contribution in [3.63, 3.8) is 0 Å². The van der Waals surface area contributed by atoms with Crippen LogP contribution in [0.2, 0.25) is 0 Å². The van der Waals surface area contributed by atoms with Gasteiger partial charge in [-0.3, -0.25) is 0 Å². The first-order valence-corrected chi connectivity index (χ1v) is 14.9. The van der Waals surface area contributed by atoms with Crippen LogP contribution in [0.4, 0.5) is 0 Å². The maximum Gasteiger partial charge on any atom is 0.0128 e. The van der Waals surface area contributed by atoms with Crippen LogP contribution in [0, 0.1) is 0 Å². The Morgan fingerprint density at radius 1 is 0.316 bits per heavy atom. The predicted octanol–water partition coefficient (Wildman–Crippen LogP) is 10.7. The molecular formula is C36H28S2. The average Bonchev–Trinajstić information content (AvgIpc) is 3.00. The SMILES string of the molecule is c1ccc(-c2cccc(Sc3ccc([SH](c4ccccc4)c4cccc(-c5ccccc5)c4)cc3)c2)cc1. The third kappa shape index (κ3) is 5.62. The van der Waals surface area contributed by atoms with Crippen LogP contribution in [-0.4, -0.2) is 0 Å². The van der Waals surface area contributed by atoms with Crippen molar-refractivity contribution in [2.45, 2.75) is 24.5 Å². The van der Waals surface area contributed by atoms with Crippen LogP contribution in [-0.2, 0) is 0 Å². The molecule has 0 fully saturated rings. The normalized spacial score (nSPS) is 12.2. The first-order valence-electron chi connectivity index (χ1n) is 12.8. The molecule has 6 aromatic carbocycles. The summed E-state index contributed by atoms with van der Waals surface area (Å²) in [4.78, 5) is 6.59. The van der Waals surface area contributed by atoms with Crippen molar-refractivity contribution in [3.05, 3.63) is 164 Å². The quantitative estimate of drug-likeness (QED) is 0.203. The Morgan fingerprint density at radius 3 is 1.42 bits per heavy atom. The molecule has 0 bridgehead atoms. The number of hydrogen-bond acceptors (Lipinski definition) is 1. The van der Waals surface area contributed by atoms with Crippen molar-refractivity contribution in [1.82, 2.24) is 0 Å². The third-order valence-corrected chi connectivity index (χ3v) is 9.92. The monoisotopic (exact) mass is 524 g/mol. The van der Waals surface area contributed by atoms with Gasteiger partial charge in [-0.2, -0.15) is 10.9 Å². The van der Waals surface area contributed by atoms with Gasteiger partial charge in [0.2, 0.25) is 0 Å². The maximum atomic E-state index is 2.37. The standard InChI is InChI=1S/C36H28S2/c1-4-12-28(13-5-1)30-16-10-18-33(26-30)37-32-22-24-35(25-23-32)38(34-19-8-3-9-20-34)36-21-11-17-31(27-36)29-14-6-2-7-15-29/h1-27,38H. The van der Waals surface area contributed by atoms with E-state index in [9.17, 15) is 0 Å². The zero-order valence-electron chi connectivity index (χ0n) is 20.9. The zero-order chi connectivity index (χ0) is 25.6. The lowest BCUT2D eigenvalue weighted by Crippen LogP contribution is -1.89. The molecule has 2 heteroatoms. The number of benzene rings is 6. The lowest BCUT2D eigenvalue weighted by Gasteiger charge is -2.24. The molecule has 6 aromatic rings. The largest absolute Gasteiger partial charge is 0.173 e. The summed E-state index contributed by atoms with van der Waals surface area (Å²) in [7, 11) is -0.669. The van der Waals surface area contributed by atoms with Crippen molar-refractivity contribution in [1.29, 1.82) is 0 Å². The molecule has 0 heterocycles. The molecule has 0 aliphatic rings. The van der Waals surface area contributed by atoms with Gasteiger partial charge in [0.1, 0.15) is 0 Å². The van der Waals surface area contributed by atoms with Gasteiger partial charge in [-0.1, -0.05) is 115 Å². The maximum absolute atomic E-state index is 2.37. The molecule has 0 aliphatic carbocycles. The summed E-state index contributed by atoms with van der Waals surface area (Å²) in [5.74, 6) is 0. The highest BCUT2D eigenvalue weighted by Crippen LogP contribution is 2.52. The average molecular weight is 525 g/mol. The Hall–Kier alpha value is -3.98. The first kappa shape index (κ1) is 24.4. The molecule has 0 amide bonds. The van der Waals surface area contributed by atoms with Gasteiger partial charge in [0.15, 0.2) is 0 Å². The molecular weight excluding hydrogens is 497 g/mol. The molecule has 0 saturated heterocycles. The van der Waals surface area contributed by atoms with Crippen molar-refractivity contribution in [3.8, 4) is 22.3 Å². The Morgan fingerprint density at radius 2 is 0.789 bits per heavy atom. The molecule has 0 radical (unpaired) electrons. The van der Waals surface area contributed by atoms with E-state index in [0.717, 1.165) is 0 Å². The highest BCUT2D eigenvalue weighted by atomic mass is 32.2. The molecule has 184 valence electrons. The molecule has 0 spiro atoms. The van der Waals surface area contributed by atoms with E-state index in [2.05, 4.69) is 164 Å². The van der Waals surface area contributed by atoms with E-state index >= 15 is 0 Å². The van der Waals surface area contributed by atoms with Crippen molar-refractivity contribution < 1.29 is 0 Å². The van der Waals surface area contributed by atoms with E-state index in [-0.39, 0.29) is 0 Å². The highest BCUT2D eigenvalue weighted by molar-refractivity contribution is 8.17. The zero-order valence-corrected chi connectivity index (χ0v) is 22.7. The minimum absolute atomic E-state index is 0.669. The molecule has 0 saturated carbocycles. The van der Waals surface area contributed by atoms with Gasteiger partial charge >= 0.3 is 0 Å². The summed E-state index contributed by atoms with van der Waals surface area (Å²) in [6, 6.07) is 59.2. The van der Waals surface area contributed by atoms with Gasteiger partial charge < -0.3 is 0 Å². The lowest BCUT2D eigenvalue weighted by atomic mass is 10.1. The predicted molar refractivity (Wildman–Crippen MR) is 165 cm³/mol. The Kier molecular flexibility index (Phi) is 7.44. The van der Waals surface area contributed by atoms with Gasteiger partial charge in [0.25, 0.3) is 0 Å². The van der Waals surface area contributed by atoms with Crippen LogP contribution in [0.1, 0.15) is 0 Å². The summed E-state index contributed by atoms with van der Waals surface area (Å²) in [6.45, 7) is 0. The van der Waals surface area contributed by atoms with E-state index in [1.54, 1.807) is 0 Å². The molecule has 0 N–H and O–H groups in total. The summed E-state index contributed by atoms with van der Waals surface area (Å²) in [5, 5.41) is 0. The molecule has 0 aliphatic heterocycles. The van der Waals surface area contributed by atoms with Crippen LogP contribution in [0.3, 0.4) is 0 Å². The molecule has 0 nitrogen and oxygen atoms in total. The van der Waals surface area contributed by atoms with Crippen LogP contribution in [0.25, 0.3) is 22.3 Å². The molecule has 0 aromatic heterocycles. The topological polar surface area (TPSA) is 0 Å². The van der Waals surface area contributed by atoms with E-state index in [1.165, 1.54) is 46.7 Å². The van der Waals surface area contributed by atoms with Gasteiger partial charge in [0, 0.05) is 9.79 Å². The van der Waals surface area contributed by atoms with Crippen LogP contribution >= 0.6 is 22.7 Å². The summed E-state index contributed by atoms with van der Waals surface area (Å²) < 4.78 is 0. The smallest absolute Gasteiger partial charge is 0.0128 e. The van der Waals surface area contributed by atoms with Gasteiger partial charge in [-0.05, 0) is 97.6 Å². The van der Waals surface area contributed by atoms with Crippen LogP contribution < -0.4 is 0 Å². The summed E-state index contributed by atoms with van der Waals surface area (Å²) in [5.41, 5.74) is 5.01. The highest BCUT2D eigenvalue weighted by Gasteiger charge is 2.14. The van der Waals surface area contributed by atoms with Crippen LogP contribution in [0.15, 0.2) is 188 Å². The second-order valence-corrected chi connectivity index (χ2v) is 12.4. The van der Waals surface area contributed by atoms with Crippen molar-refractivity contribution in [2.75, 3.05) is 0 Å². The van der Waals surface area contributed by atoms with Gasteiger partial charge in [-0.25, -0.2) is 0 Å². The lowest BCUT2D eigenvalue weighted by molar-refractivity contribution is 1.29. The van der Waals surface area contributed by atoms with E-state index in [0.29, 0.717) is 0 Å². The Labute approximate surface area is 232 Å². The fourth-order valence-electron chi connectivity index (χ4n) is 4.65. The second-order valence-electron chi connectivity index (χ2n) is 9.08. The number of hydrogen-bond donors (Lipinski definition) is 1. The molecule has 1 atom stereocenters. The Bertz CT molecular complexity index is 1610. The summed E-state index contributed by atoms with van der Waals surface area (Å²) >= 11 is 1.82. The number of thiol groups is 1. The van der Waals surface area contributed by atoms with E-state index in [1.807, 2.05) is 11.8 Å². The third-order valence-electron chi connectivity index (χ3n) is 6.50. The van der Waals surface area contributed by atoms with Gasteiger partial charge in [-0.15, -0.1) is 0 Å². The fourth-order valence-corrected chi connectivity index (χ4v) is 7.84. The van der Waals surface area contributed by atoms with Gasteiger partial charge in [0.05, 0.1) is 0 Å². The van der Waals surface area contributed by atoms with Crippen LogP contribution in [0.5, 0.6) is 0 Å². The number of rotatable bonds is 7. The fraction of sp³-hybridized carbons (Fsp3) is 0. The van der Waals surface area contributed by atoms with E-state index < -0.39 is 10.9 Å². The first-order chi connectivity index (χ1) is 18.8. The Balaban J connectivity index is 1.30. The second kappa shape index (κ2) is 11.6. The summed E-state index contributed by atoms with van der Waals surface area (Å²) in [6.07, 6.45) is 0. The molecule has 6 rings (SSSR count).